The van der Waals surface area contributed by atoms with E-state index in [1.807, 2.05) is 19.2 Å². The zero-order valence-corrected chi connectivity index (χ0v) is 9.21. The summed E-state index contributed by atoms with van der Waals surface area (Å²) in [4.78, 5) is 8.27. The van der Waals surface area contributed by atoms with Crippen LogP contribution in [0.5, 0.6) is 5.75 Å². The lowest BCUT2D eigenvalue weighted by Gasteiger charge is -2.03. The van der Waals surface area contributed by atoms with Gasteiger partial charge in [0.2, 0.25) is 0 Å². The summed E-state index contributed by atoms with van der Waals surface area (Å²) in [5.74, 6) is 2.25. The minimum absolute atomic E-state index is 0.556. The van der Waals surface area contributed by atoms with E-state index in [9.17, 15) is 0 Å². The molecule has 0 fully saturated rings. The van der Waals surface area contributed by atoms with Crippen LogP contribution in [0.1, 0.15) is 5.82 Å². The number of aromatic nitrogens is 4. The molecule has 0 amide bonds. The van der Waals surface area contributed by atoms with E-state index < -0.39 is 0 Å². The zero-order valence-electron chi connectivity index (χ0n) is 9.21. The summed E-state index contributed by atoms with van der Waals surface area (Å²) in [5, 5.41) is 7.27. The molecule has 6 nitrogen and oxygen atoms in total. The second kappa shape index (κ2) is 4.61. The van der Waals surface area contributed by atoms with Gasteiger partial charge >= 0.3 is 0 Å². The predicted octanol–water partition coefficient (Wildman–Crippen LogP) is 0.831. The van der Waals surface area contributed by atoms with Crippen molar-refractivity contribution in [2.75, 3.05) is 12.4 Å². The van der Waals surface area contributed by atoms with Crippen LogP contribution < -0.4 is 10.1 Å². The van der Waals surface area contributed by atoms with E-state index in [0.717, 1.165) is 17.4 Å². The van der Waals surface area contributed by atoms with Gasteiger partial charge in [0.25, 0.3) is 0 Å². The quantitative estimate of drug-likeness (QED) is 0.825. The smallest absolute Gasteiger partial charge is 0.169 e. The standard InChI is InChI=1S/C10H13N5O/c1-15-7-13-10(14-15)6-12-9-4-3-8(16-2)5-11-9/h3-5,7H,6H2,1-2H3,(H,11,12). The van der Waals surface area contributed by atoms with Crippen LogP contribution in [0.4, 0.5) is 5.82 Å². The number of pyridine rings is 1. The number of aryl methyl sites for hydroxylation is 1. The maximum Gasteiger partial charge on any atom is 0.169 e. The number of rotatable bonds is 4. The van der Waals surface area contributed by atoms with Crippen molar-refractivity contribution in [1.29, 1.82) is 0 Å². The normalized spacial score (nSPS) is 10.1. The summed E-state index contributed by atoms with van der Waals surface area (Å²) in [6.45, 7) is 0.556. The lowest BCUT2D eigenvalue weighted by molar-refractivity contribution is 0.413. The molecular formula is C10H13N5O. The Balaban J connectivity index is 1.94. The highest BCUT2D eigenvalue weighted by Crippen LogP contribution is 2.11. The second-order valence-corrected chi connectivity index (χ2v) is 3.27. The van der Waals surface area contributed by atoms with Crippen molar-refractivity contribution in [2.24, 2.45) is 7.05 Å². The highest BCUT2D eigenvalue weighted by atomic mass is 16.5. The van der Waals surface area contributed by atoms with Crippen molar-refractivity contribution in [2.45, 2.75) is 6.54 Å². The van der Waals surface area contributed by atoms with E-state index in [1.54, 1.807) is 24.3 Å². The number of nitrogens with one attached hydrogen (secondary N) is 1. The molecule has 84 valence electrons. The Morgan fingerprint density at radius 3 is 2.81 bits per heavy atom. The van der Waals surface area contributed by atoms with Crippen molar-refractivity contribution in [3.8, 4) is 5.75 Å². The second-order valence-electron chi connectivity index (χ2n) is 3.27. The first-order chi connectivity index (χ1) is 7.78. The predicted molar refractivity (Wildman–Crippen MR) is 59.1 cm³/mol. The number of nitrogens with zero attached hydrogens (tertiary/aromatic N) is 4. The van der Waals surface area contributed by atoms with Crippen molar-refractivity contribution in [1.82, 2.24) is 19.7 Å². The van der Waals surface area contributed by atoms with Crippen molar-refractivity contribution in [3.05, 3.63) is 30.5 Å². The molecule has 0 aliphatic carbocycles. The van der Waals surface area contributed by atoms with E-state index in [4.69, 9.17) is 4.74 Å². The maximum atomic E-state index is 5.02. The van der Waals surface area contributed by atoms with Gasteiger partial charge in [0.1, 0.15) is 17.9 Å². The third kappa shape index (κ3) is 2.47. The van der Waals surface area contributed by atoms with Crippen molar-refractivity contribution < 1.29 is 4.74 Å². The fourth-order valence-corrected chi connectivity index (χ4v) is 1.24. The van der Waals surface area contributed by atoms with Crippen LogP contribution in [-0.4, -0.2) is 26.9 Å². The molecular weight excluding hydrogens is 206 g/mol. The summed E-state index contributed by atoms with van der Waals surface area (Å²) in [7, 11) is 3.45. The summed E-state index contributed by atoms with van der Waals surface area (Å²) in [6, 6.07) is 3.70. The zero-order chi connectivity index (χ0) is 11.4. The van der Waals surface area contributed by atoms with Gasteiger partial charge < -0.3 is 10.1 Å². The van der Waals surface area contributed by atoms with Gasteiger partial charge in [0, 0.05) is 7.05 Å². The first-order valence-electron chi connectivity index (χ1n) is 4.86. The molecule has 0 atom stereocenters. The summed E-state index contributed by atoms with van der Waals surface area (Å²) in [5.41, 5.74) is 0. The van der Waals surface area contributed by atoms with Crippen LogP contribution in [0, 0.1) is 0 Å². The fraction of sp³-hybridized carbons (Fsp3) is 0.300. The Kier molecular flexibility index (Phi) is 3.00. The highest BCUT2D eigenvalue weighted by molar-refractivity contribution is 5.37. The Hall–Kier alpha value is -2.11. The average Bonchev–Trinajstić information content (AvgIpc) is 2.73. The number of ether oxygens (including phenoxy) is 1. The van der Waals surface area contributed by atoms with Gasteiger partial charge in [-0.1, -0.05) is 0 Å². The summed E-state index contributed by atoms with van der Waals surface area (Å²) >= 11 is 0. The van der Waals surface area contributed by atoms with E-state index in [2.05, 4.69) is 20.4 Å². The average molecular weight is 219 g/mol. The molecule has 0 aromatic carbocycles. The molecule has 0 spiro atoms. The van der Waals surface area contributed by atoms with Crippen LogP contribution in [-0.2, 0) is 13.6 Å². The minimum atomic E-state index is 0.556. The van der Waals surface area contributed by atoms with Crippen LogP contribution in [0.15, 0.2) is 24.7 Å². The number of hydrogen-bond donors (Lipinski definition) is 1. The third-order valence-corrected chi connectivity index (χ3v) is 2.05. The molecule has 0 unspecified atom stereocenters. The summed E-state index contributed by atoms with van der Waals surface area (Å²) < 4.78 is 6.68. The van der Waals surface area contributed by atoms with Gasteiger partial charge in [-0.15, -0.1) is 0 Å². The van der Waals surface area contributed by atoms with Gasteiger partial charge in [-0.2, -0.15) is 5.10 Å². The van der Waals surface area contributed by atoms with Crippen molar-refractivity contribution >= 4 is 5.82 Å². The van der Waals surface area contributed by atoms with E-state index >= 15 is 0 Å². The first-order valence-corrected chi connectivity index (χ1v) is 4.86. The SMILES string of the molecule is COc1ccc(NCc2ncn(C)n2)nc1. The largest absolute Gasteiger partial charge is 0.495 e. The van der Waals surface area contributed by atoms with Crippen LogP contribution in [0.3, 0.4) is 0 Å². The minimum Gasteiger partial charge on any atom is -0.495 e. The summed E-state index contributed by atoms with van der Waals surface area (Å²) in [6.07, 6.45) is 3.33. The fourth-order valence-electron chi connectivity index (χ4n) is 1.24. The number of methoxy groups -OCH3 is 1. The lowest BCUT2D eigenvalue weighted by atomic mass is 10.4. The Labute approximate surface area is 93.3 Å². The van der Waals surface area contributed by atoms with Gasteiger partial charge in [0.05, 0.1) is 19.9 Å². The number of anilines is 1. The molecule has 2 rings (SSSR count). The molecule has 0 aliphatic heterocycles. The lowest BCUT2D eigenvalue weighted by Crippen LogP contribution is -2.03. The monoisotopic (exact) mass is 219 g/mol. The molecule has 2 heterocycles. The molecule has 1 N–H and O–H groups in total. The molecule has 2 aromatic heterocycles. The van der Waals surface area contributed by atoms with E-state index in [1.165, 1.54) is 0 Å². The molecule has 0 saturated carbocycles. The Morgan fingerprint density at radius 2 is 2.25 bits per heavy atom. The van der Waals surface area contributed by atoms with Gasteiger partial charge in [0.15, 0.2) is 5.82 Å². The van der Waals surface area contributed by atoms with E-state index in [0.29, 0.717) is 6.54 Å². The van der Waals surface area contributed by atoms with E-state index in [-0.39, 0.29) is 0 Å². The Morgan fingerprint density at radius 1 is 1.38 bits per heavy atom. The molecule has 0 saturated heterocycles. The first kappa shape index (κ1) is 10.4. The van der Waals surface area contributed by atoms with Crippen LogP contribution in [0.25, 0.3) is 0 Å². The van der Waals surface area contributed by atoms with Gasteiger partial charge in [-0.25, -0.2) is 9.97 Å². The Bertz CT molecular complexity index is 450. The third-order valence-electron chi connectivity index (χ3n) is 2.05. The van der Waals surface area contributed by atoms with Crippen LogP contribution >= 0.6 is 0 Å². The highest BCUT2D eigenvalue weighted by Gasteiger charge is 1.99. The molecule has 16 heavy (non-hydrogen) atoms. The molecule has 0 bridgehead atoms. The van der Waals surface area contributed by atoms with Gasteiger partial charge in [-0.05, 0) is 12.1 Å². The molecule has 0 aliphatic rings. The van der Waals surface area contributed by atoms with Gasteiger partial charge in [-0.3, -0.25) is 4.68 Å². The molecule has 6 heteroatoms. The topological polar surface area (TPSA) is 64.9 Å². The molecule has 0 radical (unpaired) electrons. The molecule has 2 aromatic rings. The van der Waals surface area contributed by atoms with Crippen molar-refractivity contribution in [3.63, 3.8) is 0 Å². The number of hydrogen-bond acceptors (Lipinski definition) is 5. The van der Waals surface area contributed by atoms with Crippen LogP contribution in [0.2, 0.25) is 0 Å². The maximum absolute atomic E-state index is 5.02.